The quantitative estimate of drug-likeness (QED) is 0.813. The zero-order chi connectivity index (χ0) is 14.9. The molecular formula is C14H21BrN2O2S. The highest BCUT2D eigenvalue weighted by molar-refractivity contribution is 9.10. The van der Waals surface area contributed by atoms with Gasteiger partial charge in [-0.1, -0.05) is 29.8 Å². The molecule has 0 bridgehead atoms. The maximum Gasteiger partial charge on any atom is 0.242 e. The van der Waals surface area contributed by atoms with Gasteiger partial charge in [-0.2, -0.15) is 0 Å². The Bertz CT molecular complexity index is 579. The van der Waals surface area contributed by atoms with Gasteiger partial charge in [-0.15, -0.1) is 0 Å². The molecule has 2 atom stereocenters. The summed E-state index contributed by atoms with van der Waals surface area (Å²) >= 11 is 3.29. The first kappa shape index (κ1) is 15.8. The van der Waals surface area contributed by atoms with E-state index in [1.54, 1.807) is 18.2 Å². The predicted molar refractivity (Wildman–Crippen MR) is 84.8 cm³/mol. The summed E-state index contributed by atoms with van der Waals surface area (Å²) in [6.45, 7) is 4.34. The van der Waals surface area contributed by atoms with E-state index in [1.807, 2.05) is 0 Å². The molecule has 112 valence electrons. The number of sulfonamides is 1. The summed E-state index contributed by atoms with van der Waals surface area (Å²) in [6.07, 6.45) is 2.94. The van der Waals surface area contributed by atoms with E-state index >= 15 is 0 Å². The van der Waals surface area contributed by atoms with Crippen LogP contribution in [0.1, 0.15) is 33.1 Å². The predicted octanol–water partition coefficient (Wildman–Crippen LogP) is 3.13. The molecule has 1 saturated carbocycles. The van der Waals surface area contributed by atoms with Gasteiger partial charge in [-0.3, -0.25) is 0 Å². The minimum atomic E-state index is -3.56. The highest BCUT2D eigenvalue weighted by atomic mass is 79.9. The molecule has 0 aromatic heterocycles. The number of nitrogens with one attached hydrogen (secondary N) is 1. The standard InChI is InChI=1S/C14H21BrN2O2S/c1-9-5-10(2)7-12(6-9)17-20(18,19)14-8-11(15)3-4-13(14)16/h3-4,8-10,12,17H,5-7,16H2,1-2H3. The SMILES string of the molecule is CC1CC(C)CC(NS(=O)(=O)c2cc(Br)ccc2N)C1. The molecule has 1 aliphatic rings. The van der Waals surface area contributed by atoms with Crippen molar-refractivity contribution in [3.8, 4) is 0 Å². The van der Waals surface area contributed by atoms with Crippen LogP contribution >= 0.6 is 15.9 Å². The van der Waals surface area contributed by atoms with E-state index in [-0.39, 0.29) is 16.6 Å². The molecule has 1 aliphatic carbocycles. The molecule has 0 amide bonds. The van der Waals surface area contributed by atoms with Crippen LogP contribution in [0.3, 0.4) is 0 Å². The van der Waals surface area contributed by atoms with Crippen molar-refractivity contribution in [2.75, 3.05) is 5.73 Å². The Labute approximate surface area is 129 Å². The van der Waals surface area contributed by atoms with Gasteiger partial charge < -0.3 is 5.73 Å². The monoisotopic (exact) mass is 360 g/mol. The van der Waals surface area contributed by atoms with Gasteiger partial charge in [0.15, 0.2) is 0 Å². The molecule has 3 N–H and O–H groups in total. The van der Waals surface area contributed by atoms with Crippen LogP contribution in [0.2, 0.25) is 0 Å². The van der Waals surface area contributed by atoms with E-state index in [0.717, 1.165) is 19.3 Å². The Morgan fingerprint density at radius 3 is 2.40 bits per heavy atom. The number of halogens is 1. The Morgan fingerprint density at radius 2 is 1.80 bits per heavy atom. The summed E-state index contributed by atoms with van der Waals surface area (Å²) in [4.78, 5) is 0.151. The number of nitrogens with two attached hydrogens (primary N) is 1. The van der Waals surface area contributed by atoms with Gasteiger partial charge in [0.25, 0.3) is 0 Å². The summed E-state index contributed by atoms with van der Waals surface area (Å²) < 4.78 is 28.5. The van der Waals surface area contributed by atoms with E-state index in [2.05, 4.69) is 34.5 Å². The second-order valence-electron chi connectivity index (χ2n) is 5.92. The third-order valence-corrected chi connectivity index (χ3v) is 5.83. The van der Waals surface area contributed by atoms with Crippen LogP contribution < -0.4 is 10.5 Å². The average molecular weight is 361 g/mol. The van der Waals surface area contributed by atoms with Gasteiger partial charge in [0.1, 0.15) is 4.90 Å². The van der Waals surface area contributed by atoms with Crippen molar-refractivity contribution in [1.82, 2.24) is 4.72 Å². The zero-order valence-electron chi connectivity index (χ0n) is 11.8. The first-order chi connectivity index (χ1) is 9.28. The van der Waals surface area contributed by atoms with Gasteiger partial charge in [0.05, 0.1) is 5.69 Å². The molecule has 0 spiro atoms. The Kier molecular flexibility index (Phi) is 4.76. The van der Waals surface area contributed by atoms with Crippen molar-refractivity contribution in [1.29, 1.82) is 0 Å². The van der Waals surface area contributed by atoms with Crippen LogP contribution in [0.4, 0.5) is 5.69 Å². The normalized spacial score (nSPS) is 27.4. The smallest absolute Gasteiger partial charge is 0.242 e. The third kappa shape index (κ3) is 3.74. The first-order valence-corrected chi connectivity index (χ1v) is 9.13. The molecule has 1 fully saturated rings. The van der Waals surface area contributed by atoms with Crippen LogP contribution in [0.5, 0.6) is 0 Å². The van der Waals surface area contributed by atoms with Crippen LogP contribution in [-0.4, -0.2) is 14.5 Å². The molecule has 0 saturated heterocycles. The van der Waals surface area contributed by atoms with E-state index in [4.69, 9.17) is 5.73 Å². The Balaban J connectivity index is 2.21. The number of anilines is 1. The molecule has 4 nitrogen and oxygen atoms in total. The van der Waals surface area contributed by atoms with E-state index < -0.39 is 10.0 Å². The molecule has 6 heteroatoms. The van der Waals surface area contributed by atoms with Crippen molar-refractivity contribution in [2.24, 2.45) is 11.8 Å². The van der Waals surface area contributed by atoms with Crippen molar-refractivity contribution in [3.05, 3.63) is 22.7 Å². The topological polar surface area (TPSA) is 72.2 Å². The molecule has 2 unspecified atom stereocenters. The maximum atomic E-state index is 12.5. The lowest BCUT2D eigenvalue weighted by Gasteiger charge is -2.31. The van der Waals surface area contributed by atoms with Crippen LogP contribution in [0, 0.1) is 11.8 Å². The maximum absolute atomic E-state index is 12.5. The molecular weight excluding hydrogens is 340 g/mol. The lowest BCUT2D eigenvalue weighted by atomic mass is 9.81. The zero-order valence-corrected chi connectivity index (χ0v) is 14.2. The van der Waals surface area contributed by atoms with E-state index in [0.29, 0.717) is 16.3 Å². The van der Waals surface area contributed by atoms with Gasteiger partial charge >= 0.3 is 0 Å². The summed E-state index contributed by atoms with van der Waals surface area (Å²) in [6, 6.07) is 4.88. The summed E-state index contributed by atoms with van der Waals surface area (Å²) in [5.41, 5.74) is 6.07. The number of rotatable bonds is 3. The summed E-state index contributed by atoms with van der Waals surface area (Å²) in [7, 11) is -3.56. The van der Waals surface area contributed by atoms with Gasteiger partial charge in [-0.25, -0.2) is 13.1 Å². The average Bonchev–Trinajstić information content (AvgIpc) is 2.30. The van der Waals surface area contributed by atoms with Crippen molar-refractivity contribution in [3.63, 3.8) is 0 Å². The van der Waals surface area contributed by atoms with Crippen molar-refractivity contribution in [2.45, 2.75) is 44.0 Å². The van der Waals surface area contributed by atoms with E-state index in [1.165, 1.54) is 0 Å². The van der Waals surface area contributed by atoms with Crippen LogP contribution in [-0.2, 0) is 10.0 Å². The Hall–Kier alpha value is -0.590. The second-order valence-corrected chi connectivity index (χ2v) is 8.52. The van der Waals surface area contributed by atoms with Gasteiger partial charge in [0.2, 0.25) is 10.0 Å². The van der Waals surface area contributed by atoms with Gasteiger partial charge in [-0.05, 0) is 49.3 Å². The van der Waals surface area contributed by atoms with Gasteiger partial charge in [0, 0.05) is 10.5 Å². The Morgan fingerprint density at radius 1 is 1.20 bits per heavy atom. The summed E-state index contributed by atoms with van der Waals surface area (Å²) in [5, 5.41) is 0. The van der Waals surface area contributed by atoms with Crippen LogP contribution in [0.15, 0.2) is 27.6 Å². The van der Waals surface area contributed by atoms with E-state index in [9.17, 15) is 8.42 Å². The minimum absolute atomic E-state index is 0.00266. The fraction of sp³-hybridized carbons (Fsp3) is 0.571. The fourth-order valence-electron chi connectivity index (χ4n) is 3.07. The lowest BCUT2D eigenvalue weighted by Crippen LogP contribution is -2.40. The molecule has 0 heterocycles. The number of nitrogen functional groups attached to an aromatic ring is 1. The molecule has 0 radical (unpaired) electrons. The number of hydrogen-bond acceptors (Lipinski definition) is 3. The van der Waals surface area contributed by atoms with Crippen LogP contribution in [0.25, 0.3) is 0 Å². The second kappa shape index (κ2) is 6.03. The fourth-order valence-corrected chi connectivity index (χ4v) is 5.00. The molecule has 1 aromatic rings. The minimum Gasteiger partial charge on any atom is -0.398 e. The lowest BCUT2D eigenvalue weighted by molar-refractivity contribution is 0.258. The highest BCUT2D eigenvalue weighted by Crippen LogP contribution is 2.30. The largest absolute Gasteiger partial charge is 0.398 e. The number of benzene rings is 1. The molecule has 0 aliphatic heterocycles. The summed E-state index contributed by atoms with van der Waals surface area (Å²) in [5.74, 6) is 1.10. The third-order valence-electron chi connectivity index (χ3n) is 3.77. The van der Waals surface area contributed by atoms with Crippen molar-refractivity contribution < 1.29 is 8.42 Å². The molecule has 1 aromatic carbocycles. The molecule has 2 rings (SSSR count). The number of hydrogen-bond donors (Lipinski definition) is 2. The first-order valence-electron chi connectivity index (χ1n) is 6.85. The highest BCUT2D eigenvalue weighted by Gasteiger charge is 2.28. The molecule has 20 heavy (non-hydrogen) atoms. The van der Waals surface area contributed by atoms with Crippen molar-refractivity contribution >= 4 is 31.6 Å².